The van der Waals surface area contributed by atoms with Crippen molar-refractivity contribution in [3.63, 3.8) is 0 Å². The van der Waals surface area contributed by atoms with E-state index in [9.17, 15) is 9.90 Å². The topological polar surface area (TPSA) is 82.1 Å². The largest absolute Gasteiger partial charge is 0.663 e. The summed E-state index contributed by atoms with van der Waals surface area (Å²) >= 11 is 0. The molecule has 0 saturated carbocycles. The Labute approximate surface area is 218 Å². The predicted molar refractivity (Wildman–Crippen MR) is 135 cm³/mol. The van der Waals surface area contributed by atoms with Gasteiger partial charge >= 0.3 is 5.97 Å². The summed E-state index contributed by atoms with van der Waals surface area (Å²) in [5.41, 5.74) is 6.30. The number of benzene rings is 2. The fraction of sp³-hybridized carbons (Fsp3) is 0.250. The summed E-state index contributed by atoms with van der Waals surface area (Å²) in [6.45, 7) is 10.9. The number of fused-ring (bicyclic) bond motifs is 2. The van der Waals surface area contributed by atoms with E-state index >= 15 is 0 Å². The van der Waals surface area contributed by atoms with Crippen LogP contribution in [-0.2, 0) is 26.5 Å². The van der Waals surface area contributed by atoms with Gasteiger partial charge in [0, 0.05) is 38.2 Å². The molecular formula is C28H27N4O2Pt-. The van der Waals surface area contributed by atoms with E-state index in [1.807, 2.05) is 30.5 Å². The molecule has 3 aromatic heterocycles. The van der Waals surface area contributed by atoms with Crippen molar-refractivity contribution >= 4 is 27.9 Å². The van der Waals surface area contributed by atoms with Crippen LogP contribution in [-0.4, -0.2) is 25.6 Å². The predicted octanol–water partition coefficient (Wildman–Crippen LogP) is 6.45. The van der Waals surface area contributed by atoms with Crippen LogP contribution in [0.1, 0.15) is 56.7 Å². The molecule has 182 valence electrons. The Bertz CT molecular complexity index is 1560. The monoisotopic (exact) mass is 646 g/mol. The van der Waals surface area contributed by atoms with Crippen LogP contribution in [0.5, 0.6) is 0 Å². The molecule has 0 fully saturated rings. The first-order valence-corrected chi connectivity index (χ1v) is 11.4. The Hall–Kier alpha value is -3.24. The maximum Gasteiger partial charge on any atom is 0.354 e. The van der Waals surface area contributed by atoms with Crippen LogP contribution in [0.2, 0.25) is 0 Å². The third kappa shape index (κ3) is 4.32. The molecule has 7 heteroatoms. The van der Waals surface area contributed by atoms with Crippen molar-refractivity contribution < 1.29 is 31.0 Å². The van der Waals surface area contributed by atoms with Crippen LogP contribution in [0.3, 0.4) is 0 Å². The van der Waals surface area contributed by atoms with Crippen molar-refractivity contribution in [2.24, 2.45) is 0 Å². The Morgan fingerprint density at radius 1 is 1.00 bits per heavy atom. The first-order valence-electron chi connectivity index (χ1n) is 11.4. The van der Waals surface area contributed by atoms with Crippen LogP contribution in [0.4, 0.5) is 0 Å². The molecule has 0 spiro atoms. The average molecular weight is 647 g/mol. The Kier molecular flexibility index (Phi) is 6.45. The molecule has 0 bridgehead atoms. The third-order valence-corrected chi connectivity index (χ3v) is 6.18. The van der Waals surface area contributed by atoms with Gasteiger partial charge < -0.3 is 14.7 Å². The van der Waals surface area contributed by atoms with Gasteiger partial charge in [0.25, 0.3) is 0 Å². The normalized spacial score (nSPS) is 11.8. The summed E-state index contributed by atoms with van der Waals surface area (Å²) in [4.78, 5) is 25.7. The molecule has 6 nitrogen and oxygen atoms in total. The van der Waals surface area contributed by atoms with Gasteiger partial charge in [0.1, 0.15) is 11.5 Å². The van der Waals surface area contributed by atoms with Crippen LogP contribution >= 0.6 is 0 Å². The van der Waals surface area contributed by atoms with Gasteiger partial charge in [0.2, 0.25) is 0 Å². The van der Waals surface area contributed by atoms with Gasteiger partial charge in [-0.3, -0.25) is 0 Å². The summed E-state index contributed by atoms with van der Waals surface area (Å²) in [6, 6.07) is 17.6. The SMILES string of the molecule is CC(C)n1c(-c2cc(C(C)(C)C)cc3cc[n-]c23)nc2c(-c3cccc(C(=O)O)n3)cccc21.[Pt]. The summed E-state index contributed by atoms with van der Waals surface area (Å²) in [7, 11) is 0. The van der Waals surface area contributed by atoms with Crippen LogP contribution in [0.15, 0.2) is 60.8 Å². The van der Waals surface area contributed by atoms with Crippen LogP contribution in [0.25, 0.3) is 44.6 Å². The zero-order chi connectivity index (χ0) is 24.2. The second-order valence-electron chi connectivity index (χ2n) is 9.94. The molecule has 0 aliphatic rings. The number of carboxylic acid groups (broad SMARTS) is 1. The molecule has 0 aliphatic carbocycles. The molecular weight excluding hydrogens is 619 g/mol. The maximum atomic E-state index is 11.5. The van der Waals surface area contributed by atoms with E-state index in [4.69, 9.17) is 4.98 Å². The number of pyridine rings is 1. The molecule has 1 N–H and O–H groups in total. The Morgan fingerprint density at radius 3 is 2.43 bits per heavy atom. The van der Waals surface area contributed by atoms with E-state index in [1.54, 1.807) is 6.07 Å². The number of aromatic carboxylic acids is 1. The van der Waals surface area contributed by atoms with Crippen molar-refractivity contribution in [2.45, 2.75) is 46.1 Å². The van der Waals surface area contributed by atoms with E-state index in [2.05, 4.69) is 67.4 Å². The van der Waals surface area contributed by atoms with E-state index in [1.165, 1.54) is 11.6 Å². The van der Waals surface area contributed by atoms with Crippen LogP contribution in [0, 0.1) is 0 Å². The van der Waals surface area contributed by atoms with E-state index in [0.29, 0.717) is 5.69 Å². The number of nitrogens with zero attached hydrogens (tertiary/aromatic N) is 4. The Balaban J connectivity index is 0.00000289. The number of carboxylic acids is 1. The number of hydrogen-bond donors (Lipinski definition) is 1. The minimum Gasteiger partial charge on any atom is -0.663 e. The first kappa shape index (κ1) is 24.9. The fourth-order valence-corrected chi connectivity index (χ4v) is 4.46. The minimum atomic E-state index is -1.05. The first-order chi connectivity index (χ1) is 16.1. The summed E-state index contributed by atoms with van der Waals surface area (Å²) in [5.74, 6) is -0.201. The second kappa shape index (κ2) is 9.08. The van der Waals surface area contributed by atoms with E-state index in [0.717, 1.165) is 38.9 Å². The van der Waals surface area contributed by atoms with E-state index in [-0.39, 0.29) is 38.2 Å². The third-order valence-electron chi connectivity index (χ3n) is 6.18. The zero-order valence-corrected chi connectivity index (χ0v) is 22.6. The fourth-order valence-electron chi connectivity index (χ4n) is 4.46. The standard InChI is InChI=1S/C28H28N4O2.Pt/c1-16(2)32-23-11-6-8-19(21-9-7-10-22(30-21)27(33)34)25(23)31-26(32)20-15-18(28(3,4)5)14-17-12-13-29-24(17)20;/h6-16H,1-5H3,(H2,29,30,31,33,34);/p-1. The zero-order valence-electron chi connectivity index (χ0n) is 20.3. The van der Waals surface area contributed by atoms with Crippen molar-refractivity contribution in [2.75, 3.05) is 0 Å². The quantitative estimate of drug-likeness (QED) is 0.243. The molecule has 35 heavy (non-hydrogen) atoms. The van der Waals surface area contributed by atoms with E-state index < -0.39 is 5.97 Å². The molecule has 0 atom stereocenters. The second-order valence-corrected chi connectivity index (χ2v) is 9.94. The smallest absolute Gasteiger partial charge is 0.354 e. The van der Waals surface area contributed by atoms with Gasteiger partial charge in [-0.25, -0.2) is 14.8 Å². The van der Waals surface area contributed by atoms with Crippen molar-refractivity contribution in [3.05, 3.63) is 72.1 Å². The molecule has 0 radical (unpaired) electrons. The molecule has 0 amide bonds. The minimum absolute atomic E-state index is 0. The molecule has 0 unspecified atom stereocenters. The van der Waals surface area contributed by atoms with Gasteiger partial charge in [-0.2, -0.15) is 6.20 Å². The number of rotatable bonds is 4. The van der Waals surface area contributed by atoms with Gasteiger partial charge in [0.15, 0.2) is 0 Å². The van der Waals surface area contributed by atoms with Crippen LogP contribution < -0.4 is 4.98 Å². The summed E-state index contributed by atoms with van der Waals surface area (Å²) in [6.07, 6.45) is 1.84. The molecule has 2 aromatic carbocycles. The molecule has 5 aromatic rings. The number of aromatic nitrogens is 4. The molecule has 3 heterocycles. The maximum absolute atomic E-state index is 11.5. The molecule has 5 rings (SSSR count). The number of para-hydroxylation sites is 1. The van der Waals surface area contributed by atoms with Gasteiger partial charge in [-0.1, -0.05) is 51.1 Å². The number of imidazole rings is 1. The van der Waals surface area contributed by atoms with Crippen molar-refractivity contribution in [3.8, 4) is 22.6 Å². The summed E-state index contributed by atoms with van der Waals surface area (Å²) in [5, 5.41) is 10.5. The van der Waals surface area contributed by atoms with Gasteiger partial charge in [0.05, 0.1) is 16.7 Å². The summed E-state index contributed by atoms with van der Waals surface area (Å²) < 4.78 is 2.23. The van der Waals surface area contributed by atoms with Gasteiger partial charge in [-0.05, 0) is 54.5 Å². The van der Waals surface area contributed by atoms with Gasteiger partial charge in [-0.15, -0.1) is 5.52 Å². The average Bonchev–Trinajstić information content (AvgIpc) is 3.42. The molecule has 0 saturated heterocycles. The number of carbonyl (C=O) groups is 1. The van der Waals surface area contributed by atoms with Crippen molar-refractivity contribution in [1.82, 2.24) is 19.5 Å². The van der Waals surface area contributed by atoms with Crippen molar-refractivity contribution in [1.29, 1.82) is 0 Å². The Morgan fingerprint density at radius 2 is 1.74 bits per heavy atom. The molecule has 0 aliphatic heterocycles. The number of hydrogen-bond acceptors (Lipinski definition) is 3.